The molecule has 31 heavy (non-hydrogen) atoms. The summed E-state index contributed by atoms with van der Waals surface area (Å²) >= 11 is 0. The molecule has 5 rings (SSSR count). The van der Waals surface area contributed by atoms with Crippen molar-refractivity contribution in [2.45, 2.75) is 19.5 Å². The van der Waals surface area contributed by atoms with Crippen LogP contribution in [-0.2, 0) is 24.2 Å². The molecule has 0 saturated carbocycles. The summed E-state index contributed by atoms with van der Waals surface area (Å²) in [5.41, 5.74) is 4.79. The summed E-state index contributed by atoms with van der Waals surface area (Å²) in [6.45, 7) is 4.89. The van der Waals surface area contributed by atoms with Gasteiger partial charge in [0.2, 0.25) is 0 Å². The molecule has 158 valence electrons. The van der Waals surface area contributed by atoms with Gasteiger partial charge in [-0.2, -0.15) is 5.10 Å². The van der Waals surface area contributed by atoms with Gasteiger partial charge in [0, 0.05) is 43.2 Å². The standard InChI is InChI=1S/C25H25N3O3/c29-24(21-14-26-28(17-21)15-19-4-2-1-3-5-19)13-20-6-7-25-23(12-20)22(18-31-25)16-27-8-10-30-11-9-27/h1-7,12,14,17-18H,8-11,13,15-16H2. The fourth-order valence-corrected chi connectivity index (χ4v) is 4.01. The molecule has 6 nitrogen and oxygen atoms in total. The Morgan fingerprint density at radius 1 is 1.00 bits per heavy atom. The largest absolute Gasteiger partial charge is 0.464 e. The van der Waals surface area contributed by atoms with Crippen LogP contribution in [0.5, 0.6) is 0 Å². The number of ketones is 1. The first kappa shape index (κ1) is 19.7. The third-order valence-electron chi connectivity index (χ3n) is 5.72. The van der Waals surface area contributed by atoms with Crippen molar-refractivity contribution >= 4 is 16.8 Å². The first-order valence-electron chi connectivity index (χ1n) is 10.6. The second-order valence-corrected chi connectivity index (χ2v) is 7.99. The summed E-state index contributed by atoms with van der Waals surface area (Å²) in [5.74, 6) is 0.0666. The van der Waals surface area contributed by atoms with Crippen molar-refractivity contribution < 1.29 is 13.9 Å². The van der Waals surface area contributed by atoms with Crippen molar-refractivity contribution in [2.75, 3.05) is 26.3 Å². The number of nitrogens with zero attached hydrogens (tertiary/aromatic N) is 3. The number of fused-ring (bicyclic) bond motifs is 1. The SMILES string of the molecule is O=C(Cc1ccc2occ(CN3CCOCC3)c2c1)c1cnn(Cc2ccccc2)c1. The van der Waals surface area contributed by atoms with E-state index in [1.165, 1.54) is 0 Å². The van der Waals surface area contributed by atoms with Gasteiger partial charge in [-0.25, -0.2) is 0 Å². The Labute approximate surface area is 181 Å². The first-order valence-corrected chi connectivity index (χ1v) is 10.6. The minimum atomic E-state index is 0.0666. The number of rotatable bonds is 7. The van der Waals surface area contributed by atoms with Crippen LogP contribution in [0.25, 0.3) is 11.0 Å². The molecule has 4 aromatic rings. The molecule has 0 aliphatic carbocycles. The molecule has 1 aliphatic heterocycles. The van der Waals surface area contributed by atoms with Crippen molar-refractivity contribution in [1.82, 2.24) is 14.7 Å². The fraction of sp³-hybridized carbons (Fsp3) is 0.280. The molecule has 0 bridgehead atoms. The van der Waals surface area contributed by atoms with Crippen molar-refractivity contribution in [3.05, 3.63) is 89.4 Å². The summed E-state index contributed by atoms with van der Waals surface area (Å²) in [6.07, 6.45) is 5.66. The molecule has 0 N–H and O–H groups in total. The normalized spacial score (nSPS) is 14.8. The fourth-order valence-electron chi connectivity index (χ4n) is 4.01. The zero-order valence-electron chi connectivity index (χ0n) is 17.4. The van der Waals surface area contributed by atoms with E-state index in [1.807, 2.05) is 47.5 Å². The van der Waals surface area contributed by atoms with Crippen LogP contribution in [-0.4, -0.2) is 46.8 Å². The topological polar surface area (TPSA) is 60.5 Å². The van der Waals surface area contributed by atoms with Gasteiger partial charge in [0.05, 0.1) is 37.8 Å². The van der Waals surface area contributed by atoms with Gasteiger partial charge in [-0.1, -0.05) is 36.4 Å². The van der Waals surface area contributed by atoms with E-state index in [9.17, 15) is 4.79 Å². The highest BCUT2D eigenvalue weighted by molar-refractivity contribution is 5.97. The second-order valence-electron chi connectivity index (χ2n) is 7.99. The van der Waals surface area contributed by atoms with E-state index in [2.05, 4.69) is 28.2 Å². The maximum atomic E-state index is 12.9. The molecular weight excluding hydrogens is 390 g/mol. The van der Waals surface area contributed by atoms with Crippen LogP contribution in [0.2, 0.25) is 0 Å². The average Bonchev–Trinajstić information content (AvgIpc) is 3.43. The van der Waals surface area contributed by atoms with Crippen molar-refractivity contribution in [1.29, 1.82) is 0 Å². The zero-order valence-corrected chi connectivity index (χ0v) is 17.4. The predicted octanol–water partition coefficient (Wildman–Crippen LogP) is 3.94. The number of carbonyl (C=O) groups is 1. The number of benzene rings is 2. The van der Waals surface area contributed by atoms with Gasteiger partial charge in [0.25, 0.3) is 0 Å². The molecule has 2 aromatic carbocycles. The van der Waals surface area contributed by atoms with Gasteiger partial charge in [-0.15, -0.1) is 0 Å². The van der Waals surface area contributed by atoms with Crippen LogP contribution >= 0.6 is 0 Å². The Bertz CT molecular complexity index is 1170. The Kier molecular flexibility index (Phi) is 5.65. The number of carbonyl (C=O) groups excluding carboxylic acids is 1. The highest BCUT2D eigenvalue weighted by Crippen LogP contribution is 2.25. The van der Waals surface area contributed by atoms with E-state index in [-0.39, 0.29) is 5.78 Å². The lowest BCUT2D eigenvalue weighted by Crippen LogP contribution is -2.35. The van der Waals surface area contributed by atoms with Gasteiger partial charge in [0.1, 0.15) is 5.58 Å². The van der Waals surface area contributed by atoms with Crippen molar-refractivity contribution in [3.63, 3.8) is 0 Å². The molecule has 1 fully saturated rings. The van der Waals surface area contributed by atoms with E-state index in [0.717, 1.165) is 60.5 Å². The minimum Gasteiger partial charge on any atom is -0.464 e. The highest BCUT2D eigenvalue weighted by Gasteiger charge is 2.16. The van der Waals surface area contributed by atoms with Gasteiger partial charge in [-0.05, 0) is 23.3 Å². The third-order valence-corrected chi connectivity index (χ3v) is 5.72. The third kappa shape index (κ3) is 4.60. The Balaban J connectivity index is 1.28. The number of morpholine rings is 1. The van der Waals surface area contributed by atoms with E-state index < -0.39 is 0 Å². The average molecular weight is 415 g/mol. The molecule has 0 amide bonds. The van der Waals surface area contributed by atoms with Crippen molar-refractivity contribution in [2.24, 2.45) is 0 Å². The van der Waals surface area contributed by atoms with Gasteiger partial charge in [-0.3, -0.25) is 14.4 Å². The molecule has 1 aliphatic rings. The van der Waals surface area contributed by atoms with E-state index >= 15 is 0 Å². The summed E-state index contributed by atoms with van der Waals surface area (Å²) in [7, 11) is 0. The second kappa shape index (κ2) is 8.88. The van der Waals surface area contributed by atoms with Gasteiger partial charge < -0.3 is 9.15 Å². The van der Waals surface area contributed by atoms with Crippen LogP contribution in [0.4, 0.5) is 0 Å². The maximum absolute atomic E-state index is 12.9. The molecule has 2 aromatic heterocycles. The molecule has 0 atom stereocenters. The lowest BCUT2D eigenvalue weighted by Gasteiger charge is -2.26. The monoisotopic (exact) mass is 415 g/mol. The number of hydrogen-bond acceptors (Lipinski definition) is 5. The van der Waals surface area contributed by atoms with Crippen LogP contribution in [0.3, 0.4) is 0 Å². The zero-order chi connectivity index (χ0) is 21.0. The summed E-state index contributed by atoms with van der Waals surface area (Å²) in [5, 5.41) is 5.44. The molecule has 1 saturated heterocycles. The number of ether oxygens (including phenoxy) is 1. The van der Waals surface area contributed by atoms with Crippen LogP contribution in [0.1, 0.15) is 27.0 Å². The van der Waals surface area contributed by atoms with Crippen molar-refractivity contribution in [3.8, 4) is 0 Å². The minimum absolute atomic E-state index is 0.0666. The lowest BCUT2D eigenvalue weighted by atomic mass is 10.0. The summed E-state index contributed by atoms with van der Waals surface area (Å²) in [4.78, 5) is 15.2. The summed E-state index contributed by atoms with van der Waals surface area (Å²) < 4.78 is 13.0. The van der Waals surface area contributed by atoms with Crippen LogP contribution in [0.15, 0.2) is 71.6 Å². The first-order chi connectivity index (χ1) is 15.2. The molecule has 0 radical (unpaired) electrons. The van der Waals surface area contributed by atoms with Gasteiger partial charge in [0.15, 0.2) is 5.78 Å². The summed E-state index contributed by atoms with van der Waals surface area (Å²) in [6, 6.07) is 16.1. The maximum Gasteiger partial charge on any atom is 0.170 e. The van der Waals surface area contributed by atoms with Gasteiger partial charge >= 0.3 is 0 Å². The molecule has 6 heteroatoms. The van der Waals surface area contributed by atoms with E-state index in [0.29, 0.717) is 18.5 Å². The predicted molar refractivity (Wildman–Crippen MR) is 118 cm³/mol. The Morgan fingerprint density at radius 2 is 1.84 bits per heavy atom. The van der Waals surface area contributed by atoms with Crippen LogP contribution in [0, 0.1) is 0 Å². The van der Waals surface area contributed by atoms with Crippen LogP contribution < -0.4 is 0 Å². The molecule has 3 heterocycles. The molecule has 0 spiro atoms. The molecule has 0 unspecified atom stereocenters. The number of hydrogen-bond donors (Lipinski definition) is 0. The number of Topliss-reactive ketones (excluding diaryl/α,β-unsaturated/α-hetero) is 1. The smallest absolute Gasteiger partial charge is 0.170 e. The number of aromatic nitrogens is 2. The Hall–Kier alpha value is -3.22. The van der Waals surface area contributed by atoms with E-state index in [1.54, 1.807) is 6.20 Å². The Morgan fingerprint density at radius 3 is 2.68 bits per heavy atom. The highest BCUT2D eigenvalue weighted by atomic mass is 16.5. The lowest BCUT2D eigenvalue weighted by molar-refractivity contribution is 0.0342. The molecular formula is C25H25N3O3. The quantitative estimate of drug-likeness (QED) is 0.428. The number of furan rings is 1. The van der Waals surface area contributed by atoms with E-state index in [4.69, 9.17) is 9.15 Å².